The Kier molecular flexibility index (Phi) is 6.53. The van der Waals surface area contributed by atoms with Crippen molar-refractivity contribution in [2.24, 2.45) is 5.84 Å². The smallest absolute Gasteiger partial charge is 0.293 e. The number of carbonyl (C=O) groups excluding carboxylic acids is 1. The number of hydrazine groups is 1. The second kappa shape index (κ2) is 8.15. The van der Waals surface area contributed by atoms with Crippen LogP contribution in [0.3, 0.4) is 0 Å². The Bertz CT molecular complexity index is 508. The first-order valence-electron chi connectivity index (χ1n) is 6.19. The topological polar surface area (TPSA) is 131 Å². The molecule has 0 bridgehead atoms. The maximum absolute atomic E-state index is 12.3. The van der Waals surface area contributed by atoms with Gasteiger partial charge in [0.15, 0.2) is 0 Å². The van der Waals surface area contributed by atoms with Gasteiger partial charge in [-0.2, -0.15) is 0 Å². The molecule has 0 saturated heterocycles. The van der Waals surface area contributed by atoms with Gasteiger partial charge >= 0.3 is 0 Å². The highest BCUT2D eigenvalue weighted by Gasteiger charge is 2.19. The lowest BCUT2D eigenvalue weighted by molar-refractivity contribution is -0.384. The first-order valence-corrected chi connectivity index (χ1v) is 6.19. The van der Waals surface area contributed by atoms with Gasteiger partial charge in [-0.05, 0) is 12.1 Å². The minimum atomic E-state index is -0.597. The van der Waals surface area contributed by atoms with Crippen molar-refractivity contribution in [2.75, 3.05) is 38.8 Å². The van der Waals surface area contributed by atoms with Gasteiger partial charge in [-0.3, -0.25) is 20.8 Å². The molecule has 0 heterocycles. The van der Waals surface area contributed by atoms with Gasteiger partial charge in [0.2, 0.25) is 0 Å². The van der Waals surface area contributed by atoms with Crippen LogP contribution in [0.2, 0.25) is 0 Å². The molecule has 1 amide bonds. The number of nitrogen functional groups attached to an aromatic ring is 1. The number of nitro benzene ring substituents is 1. The Morgan fingerprint density at radius 3 is 2.76 bits per heavy atom. The maximum atomic E-state index is 12.3. The van der Waals surface area contributed by atoms with E-state index >= 15 is 0 Å². The number of hydrogen-bond donors (Lipinski definition) is 3. The standard InChI is InChI=1S/C12H18N4O5/c1-21-7-5-15(4-6-17)12(18)9-2-3-11(16(19)20)10(8-9)14-13/h2-3,8,14,17H,4-7,13H2,1H3. The fourth-order valence-electron chi connectivity index (χ4n) is 1.76. The van der Waals surface area contributed by atoms with Crippen molar-refractivity contribution in [3.63, 3.8) is 0 Å². The molecular weight excluding hydrogens is 280 g/mol. The molecule has 0 atom stereocenters. The molecule has 9 nitrogen and oxygen atoms in total. The Labute approximate surface area is 121 Å². The number of ether oxygens (including phenoxy) is 1. The Hall–Kier alpha value is -2.23. The van der Waals surface area contributed by atoms with E-state index in [1.165, 1.54) is 30.2 Å². The maximum Gasteiger partial charge on any atom is 0.293 e. The summed E-state index contributed by atoms with van der Waals surface area (Å²) in [5.74, 6) is 4.87. The molecule has 116 valence electrons. The molecule has 0 spiro atoms. The van der Waals surface area contributed by atoms with Crippen molar-refractivity contribution in [3.05, 3.63) is 33.9 Å². The van der Waals surface area contributed by atoms with E-state index in [2.05, 4.69) is 5.43 Å². The lowest BCUT2D eigenvalue weighted by Crippen LogP contribution is -2.36. The molecule has 0 unspecified atom stereocenters. The summed E-state index contributed by atoms with van der Waals surface area (Å²) < 4.78 is 4.90. The van der Waals surface area contributed by atoms with Crippen molar-refractivity contribution >= 4 is 17.3 Å². The fraction of sp³-hybridized carbons (Fsp3) is 0.417. The number of nitro groups is 1. The predicted molar refractivity (Wildman–Crippen MR) is 75.8 cm³/mol. The van der Waals surface area contributed by atoms with Crippen molar-refractivity contribution in [1.29, 1.82) is 0 Å². The third-order valence-corrected chi connectivity index (χ3v) is 2.82. The van der Waals surface area contributed by atoms with Crippen LogP contribution in [0.15, 0.2) is 18.2 Å². The minimum absolute atomic E-state index is 0.0431. The molecule has 9 heteroatoms. The summed E-state index contributed by atoms with van der Waals surface area (Å²) in [6.45, 7) is 0.577. The van der Waals surface area contributed by atoms with Gasteiger partial charge in [0, 0.05) is 31.8 Å². The molecule has 0 aliphatic rings. The third kappa shape index (κ3) is 4.38. The lowest BCUT2D eigenvalue weighted by Gasteiger charge is -2.21. The van der Waals surface area contributed by atoms with Gasteiger partial charge < -0.3 is 20.2 Å². The van der Waals surface area contributed by atoms with Crippen molar-refractivity contribution < 1.29 is 19.6 Å². The van der Waals surface area contributed by atoms with Gasteiger partial charge in [-0.1, -0.05) is 0 Å². The third-order valence-electron chi connectivity index (χ3n) is 2.82. The fourth-order valence-corrected chi connectivity index (χ4v) is 1.76. The van der Waals surface area contributed by atoms with E-state index in [9.17, 15) is 14.9 Å². The summed E-state index contributed by atoms with van der Waals surface area (Å²) >= 11 is 0. The molecule has 21 heavy (non-hydrogen) atoms. The summed E-state index contributed by atoms with van der Waals surface area (Å²) in [5.41, 5.74) is 2.25. The number of rotatable bonds is 8. The number of nitrogens with zero attached hydrogens (tertiary/aromatic N) is 2. The van der Waals surface area contributed by atoms with Gasteiger partial charge in [-0.15, -0.1) is 0 Å². The number of anilines is 1. The zero-order valence-electron chi connectivity index (χ0n) is 11.6. The highest BCUT2D eigenvalue weighted by atomic mass is 16.6. The first kappa shape index (κ1) is 16.8. The second-order valence-electron chi connectivity index (χ2n) is 4.14. The van der Waals surface area contributed by atoms with Crippen LogP contribution < -0.4 is 11.3 Å². The minimum Gasteiger partial charge on any atom is -0.395 e. The summed E-state index contributed by atoms with van der Waals surface area (Å²) in [7, 11) is 1.50. The van der Waals surface area contributed by atoms with Crippen LogP contribution in [0.25, 0.3) is 0 Å². The SMILES string of the molecule is COCCN(CCO)C(=O)c1ccc([N+](=O)[O-])c(NN)c1. The molecule has 4 N–H and O–H groups in total. The molecule has 0 fully saturated rings. The Morgan fingerprint density at radius 1 is 1.52 bits per heavy atom. The van der Waals surface area contributed by atoms with E-state index in [0.717, 1.165) is 0 Å². The number of benzene rings is 1. The summed E-state index contributed by atoms with van der Waals surface area (Å²) in [6.07, 6.45) is 0. The van der Waals surface area contributed by atoms with Crippen LogP contribution in [0.4, 0.5) is 11.4 Å². The molecule has 1 aromatic carbocycles. The Balaban J connectivity index is 3.01. The van der Waals surface area contributed by atoms with Crippen LogP contribution in [0.5, 0.6) is 0 Å². The zero-order chi connectivity index (χ0) is 15.8. The van der Waals surface area contributed by atoms with Gasteiger partial charge in [0.1, 0.15) is 5.69 Å². The van der Waals surface area contributed by atoms with E-state index in [1.807, 2.05) is 0 Å². The number of aliphatic hydroxyl groups excluding tert-OH is 1. The highest BCUT2D eigenvalue weighted by Crippen LogP contribution is 2.25. The largest absolute Gasteiger partial charge is 0.395 e. The summed E-state index contributed by atoms with van der Waals surface area (Å²) in [6, 6.07) is 3.85. The number of nitrogens with one attached hydrogen (secondary N) is 1. The van der Waals surface area contributed by atoms with Crippen molar-refractivity contribution in [2.45, 2.75) is 0 Å². The number of nitrogens with two attached hydrogens (primary N) is 1. The first-order chi connectivity index (χ1) is 10.0. The average Bonchev–Trinajstić information content (AvgIpc) is 2.49. The quantitative estimate of drug-likeness (QED) is 0.348. The number of methoxy groups -OCH3 is 1. The molecule has 1 rings (SSSR count). The van der Waals surface area contributed by atoms with Gasteiger partial charge in [-0.25, -0.2) is 0 Å². The normalized spacial score (nSPS) is 10.2. The molecule has 0 aliphatic carbocycles. The zero-order valence-corrected chi connectivity index (χ0v) is 11.6. The molecule has 1 aromatic rings. The lowest BCUT2D eigenvalue weighted by atomic mass is 10.1. The van der Waals surface area contributed by atoms with Gasteiger partial charge in [0.05, 0.1) is 18.1 Å². The summed E-state index contributed by atoms with van der Waals surface area (Å²) in [5, 5.41) is 19.8. The van der Waals surface area contributed by atoms with E-state index < -0.39 is 4.92 Å². The van der Waals surface area contributed by atoms with E-state index in [4.69, 9.17) is 15.7 Å². The summed E-state index contributed by atoms with van der Waals surface area (Å²) in [4.78, 5) is 23.9. The Morgan fingerprint density at radius 2 is 2.24 bits per heavy atom. The monoisotopic (exact) mass is 298 g/mol. The van der Waals surface area contributed by atoms with Crippen molar-refractivity contribution in [3.8, 4) is 0 Å². The average molecular weight is 298 g/mol. The van der Waals surface area contributed by atoms with E-state index in [0.29, 0.717) is 13.2 Å². The molecular formula is C12H18N4O5. The molecule has 0 radical (unpaired) electrons. The number of aliphatic hydroxyl groups is 1. The number of amides is 1. The van der Waals surface area contributed by atoms with Crippen LogP contribution in [-0.2, 0) is 4.74 Å². The van der Waals surface area contributed by atoms with E-state index in [1.54, 1.807) is 0 Å². The number of hydrogen-bond acceptors (Lipinski definition) is 7. The predicted octanol–water partition coefficient (Wildman–Crippen LogP) is -0.0387. The van der Waals surface area contributed by atoms with E-state index in [-0.39, 0.29) is 36.0 Å². The molecule has 0 saturated carbocycles. The molecule has 0 aliphatic heterocycles. The van der Waals surface area contributed by atoms with Crippen molar-refractivity contribution in [1.82, 2.24) is 4.90 Å². The van der Waals surface area contributed by atoms with Crippen LogP contribution in [-0.4, -0.2) is 54.3 Å². The van der Waals surface area contributed by atoms with Crippen LogP contribution >= 0.6 is 0 Å². The van der Waals surface area contributed by atoms with Crippen LogP contribution in [0, 0.1) is 10.1 Å². The number of carbonyl (C=O) groups is 1. The molecule has 0 aromatic heterocycles. The van der Waals surface area contributed by atoms with Gasteiger partial charge in [0.25, 0.3) is 11.6 Å². The highest BCUT2D eigenvalue weighted by molar-refractivity contribution is 5.96. The second-order valence-corrected chi connectivity index (χ2v) is 4.14. The van der Waals surface area contributed by atoms with Crippen LogP contribution in [0.1, 0.15) is 10.4 Å².